The fourth-order valence-corrected chi connectivity index (χ4v) is 2.06. The van der Waals surface area contributed by atoms with Crippen LogP contribution in [0.4, 0.5) is 0 Å². The predicted molar refractivity (Wildman–Crippen MR) is 61.8 cm³/mol. The Morgan fingerprint density at radius 2 is 1.75 bits per heavy atom. The average Bonchev–Trinajstić information content (AvgIpc) is 2.31. The van der Waals surface area contributed by atoms with Gasteiger partial charge in [0.15, 0.2) is 0 Å². The van der Waals surface area contributed by atoms with E-state index in [1.54, 1.807) is 0 Å². The number of benzene rings is 2. The second kappa shape index (κ2) is 3.35. The Morgan fingerprint density at radius 1 is 1.00 bits per heavy atom. The largest absolute Gasteiger partial charge is 0.457 e. The van der Waals surface area contributed by atoms with E-state index >= 15 is 0 Å². The van der Waals surface area contributed by atoms with Crippen LogP contribution in [0, 0.1) is 6.92 Å². The molecule has 2 aromatic carbocycles. The number of ether oxygens (including phenoxy) is 1. The summed E-state index contributed by atoms with van der Waals surface area (Å²) in [6, 6.07) is 13.4. The van der Waals surface area contributed by atoms with Crippen molar-refractivity contribution in [2.45, 2.75) is 13.0 Å². The SMILES string of the molecule is Cc1ccc2c(c1)C(O)c1ccccc1O2. The van der Waals surface area contributed by atoms with Crippen LogP contribution in [0.2, 0.25) is 0 Å². The molecule has 1 unspecified atom stereocenters. The van der Waals surface area contributed by atoms with Gasteiger partial charge in [0.2, 0.25) is 0 Å². The van der Waals surface area contributed by atoms with E-state index in [0.29, 0.717) is 0 Å². The molecular formula is C14H12O2. The summed E-state index contributed by atoms with van der Waals surface area (Å²) >= 11 is 0. The van der Waals surface area contributed by atoms with Crippen molar-refractivity contribution in [3.05, 3.63) is 59.2 Å². The van der Waals surface area contributed by atoms with E-state index in [1.807, 2.05) is 49.4 Å². The van der Waals surface area contributed by atoms with Crippen molar-refractivity contribution in [2.75, 3.05) is 0 Å². The standard InChI is InChI=1S/C14H12O2/c1-9-6-7-13-11(8-9)14(15)10-4-2-3-5-12(10)16-13/h2-8,14-15H,1H3. The number of para-hydroxylation sites is 1. The third-order valence-corrected chi connectivity index (χ3v) is 2.89. The number of hydrogen-bond donors (Lipinski definition) is 1. The number of hydrogen-bond acceptors (Lipinski definition) is 2. The Balaban J connectivity index is 2.19. The van der Waals surface area contributed by atoms with Crippen molar-refractivity contribution in [3.8, 4) is 11.5 Å². The summed E-state index contributed by atoms with van der Waals surface area (Å²) in [5.74, 6) is 1.49. The molecule has 0 saturated heterocycles. The Hall–Kier alpha value is -1.80. The molecule has 0 aliphatic carbocycles. The predicted octanol–water partition coefficient (Wildman–Crippen LogP) is 3.18. The molecule has 1 aliphatic heterocycles. The highest BCUT2D eigenvalue weighted by Crippen LogP contribution is 2.42. The fourth-order valence-electron chi connectivity index (χ4n) is 2.06. The van der Waals surface area contributed by atoms with Gasteiger partial charge in [0.1, 0.15) is 17.6 Å². The molecule has 1 N–H and O–H groups in total. The number of rotatable bonds is 0. The molecule has 0 radical (unpaired) electrons. The fraction of sp³-hybridized carbons (Fsp3) is 0.143. The van der Waals surface area contributed by atoms with Crippen molar-refractivity contribution in [3.63, 3.8) is 0 Å². The molecule has 1 heterocycles. The van der Waals surface area contributed by atoms with Gasteiger partial charge in [0, 0.05) is 11.1 Å². The molecule has 1 aliphatic rings. The minimum Gasteiger partial charge on any atom is -0.457 e. The Morgan fingerprint density at radius 3 is 2.62 bits per heavy atom. The number of aliphatic hydroxyl groups is 1. The normalized spacial score (nSPS) is 17.2. The van der Waals surface area contributed by atoms with Crippen molar-refractivity contribution >= 4 is 0 Å². The molecule has 1 atom stereocenters. The molecule has 0 bridgehead atoms. The van der Waals surface area contributed by atoms with Crippen LogP contribution < -0.4 is 4.74 Å². The monoisotopic (exact) mass is 212 g/mol. The summed E-state index contributed by atoms with van der Waals surface area (Å²) in [6.45, 7) is 2.01. The van der Waals surface area contributed by atoms with Crippen LogP contribution in [0.3, 0.4) is 0 Å². The Labute approximate surface area is 94.1 Å². The summed E-state index contributed by atoms with van der Waals surface area (Å²) in [4.78, 5) is 0. The lowest BCUT2D eigenvalue weighted by molar-refractivity contribution is 0.203. The lowest BCUT2D eigenvalue weighted by Gasteiger charge is -2.24. The summed E-state index contributed by atoms with van der Waals surface area (Å²) in [5.41, 5.74) is 2.81. The first kappa shape index (κ1) is 9.43. The molecule has 80 valence electrons. The Kier molecular flexibility index (Phi) is 1.98. The number of aryl methyl sites for hydroxylation is 1. The van der Waals surface area contributed by atoms with Crippen LogP contribution >= 0.6 is 0 Å². The molecule has 2 heteroatoms. The molecule has 16 heavy (non-hydrogen) atoms. The van der Waals surface area contributed by atoms with Gasteiger partial charge in [-0.15, -0.1) is 0 Å². The minimum atomic E-state index is -0.583. The van der Waals surface area contributed by atoms with Gasteiger partial charge in [-0.05, 0) is 25.1 Å². The number of aliphatic hydroxyl groups excluding tert-OH is 1. The minimum absolute atomic E-state index is 0.583. The second-order valence-corrected chi connectivity index (χ2v) is 4.08. The first-order chi connectivity index (χ1) is 7.75. The van der Waals surface area contributed by atoms with E-state index in [0.717, 1.165) is 28.2 Å². The van der Waals surface area contributed by atoms with E-state index in [4.69, 9.17) is 4.74 Å². The molecule has 0 spiro atoms. The van der Waals surface area contributed by atoms with E-state index in [2.05, 4.69) is 0 Å². The van der Waals surface area contributed by atoms with Gasteiger partial charge < -0.3 is 9.84 Å². The zero-order valence-corrected chi connectivity index (χ0v) is 8.97. The first-order valence-electron chi connectivity index (χ1n) is 5.31. The zero-order valence-electron chi connectivity index (χ0n) is 8.97. The highest BCUT2D eigenvalue weighted by atomic mass is 16.5. The smallest absolute Gasteiger partial charge is 0.133 e. The maximum absolute atomic E-state index is 10.3. The summed E-state index contributed by atoms with van der Waals surface area (Å²) < 4.78 is 5.74. The molecule has 2 nitrogen and oxygen atoms in total. The summed E-state index contributed by atoms with van der Waals surface area (Å²) in [7, 11) is 0. The molecular weight excluding hydrogens is 200 g/mol. The van der Waals surface area contributed by atoms with Crippen molar-refractivity contribution < 1.29 is 9.84 Å². The molecule has 3 rings (SSSR count). The maximum atomic E-state index is 10.3. The van der Waals surface area contributed by atoms with E-state index in [-0.39, 0.29) is 0 Å². The lowest BCUT2D eigenvalue weighted by Crippen LogP contribution is -2.09. The van der Waals surface area contributed by atoms with Crippen LogP contribution in [-0.2, 0) is 0 Å². The van der Waals surface area contributed by atoms with Gasteiger partial charge in [-0.1, -0.05) is 29.8 Å². The van der Waals surface area contributed by atoms with E-state index in [1.165, 1.54) is 0 Å². The number of fused-ring (bicyclic) bond motifs is 2. The third-order valence-electron chi connectivity index (χ3n) is 2.89. The van der Waals surface area contributed by atoms with Crippen LogP contribution in [0.5, 0.6) is 11.5 Å². The van der Waals surface area contributed by atoms with Crippen LogP contribution in [0.25, 0.3) is 0 Å². The van der Waals surface area contributed by atoms with Gasteiger partial charge in [-0.25, -0.2) is 0 Å². The molecule has 0 saturated carbocycles. The van der Waals surface area contributed by atoms with Gasteiger partial charge in [0.05, 0.1) is 0 Å². The molecule has 0 amide bonds. The maximum Gasteiger partial charge on any atom is 0.133 e. The van der Waals surface area contributed by atoms with Crippen LogP contribution in [-0.4, -0.2) is 5.11 Å². The molecule has 0 fully saturated rings. The lowest BCUT2D eigenvalue weighted by atomic mass is 9.96. The topological polar surface area (TPSA) is 29.5 Å². The van der Waals surface area contributed by atoms with Crippen molar-refractivity contribution in [1.82, 2.24) is 0 Å². The van der Waals surface area contributed by atoms with E-state index in [9.17, 15) is 5.11 Å². The quantitative estimate of drug-likeness (QED) is 0.726. The van der Waals surface area contributed by atoms with Gasteiger partial charge in [-0.3, -0.25) is 0 Å². The highest BCUT2D eigenvalue weighted by molar-refractivity contribution is 5.52. The molecule has 0 aromatic heterocycles. The second-order valence-electron chi connectivity index (χ2n) is 4.08. The van der Waals surface area contributed by atoms with Crippen LogP contribution in [0.1, 0.15) is 22.8 Å². The van der Waals surface area contributed by atoms with Gasteiger partial charge >= 0.3 is 0 Å². The van der Waals surface area contributed by atoms with Crippen molar-refractivity contribution in [1.29, 1.82) is 0 Å². The van der Waals surface area contributed by atoms with Crippen molar-refractivity contribution in [2.24, 2.45) is 0 Å². The summed E-state index contributed by atoms with van der Waals surface area (Å²) in [5, 5.41) is 10.3. The third kappa shape index (κ3) is 1.31. The highest BCUT2D eigenvalue weighted by Gasteiger charge is 2.24. The molecule has 2 aromatic rings. The first-order valence-corrected chi connectivity index (χ1v) is 5.31. The zero-order chi connectivity index (χ0) is 11.1. The van der Waals surface area contributed by atoms with Crippen LogP contribution in [0.15, 0.2) is 42.5 Å². The average molecular weight is 212 g/mol. The van der Waals surface area contributed by atoms with E-state index < -0.39 is 6.10 Å². The van der Waals surface area contributed by atoms with Gasteiger partial charge in [-0.2, -0.15) is 0 Å². The summed E-state index contributed by atoms with van der Waals surface area (Å²) in [6.07, 6.45) is -0.583. The van der Waals surface area contributed by atoms with Gasteiger partial charge in [0.25, 0.3) is 0 Å². The Bertz CT molecular complexity index is 546.